The average Bonchev–Trinajstić information content (AvgIpc) is 3.91. The highest BCUT2D eigenvalue weighted by atomic mass is 32.1. The first-order valence-electron chi connectivity index (χ1n) is 17.5. The molecule has 5 aromatic rings. The van der Waals surface area contributed by atoms with Crippen molar-refractivity contribution < 1.29 is 28.7 Å². The summed E-state index contributed by atoms with van der Waals surface area (Å²) in [6.07, 6.45) is 4.80. The number of ether oxygens (including phenoxy) is 2. The van der Waals surface area contributed by atoms with Crippen LogP contribution in [0.3, 0.4) is 0 Å². The number of imide groups is 1. The first-order valence-corrected chi connectivity index (χ1v) is 18.3. The average molecular weight is 740 g/mol. The van der Waals surface area contributed by atoms with Crippen LogP contribution in [0.4, 0.5) is 0 Å². The van der Waals surface area contributed by atoms with E-state index in [4.69, 9.17) is 9.47 Å². The lowest BCUT2D eigenvalue weighted by atomic mass is 10.0. The van der Waals surface area contributed by atoms with Gasteiger partial charge in [-0.2, -0.15) is 5.10 Å². The van der Waals surface area contributed by atoms with Crippen molar-refractivity contribution in [1.29, 1.82) is 0 Å². The molecule has 13 nitrogen and oxygen atoms in total. The van der Waals surface area contributed by atoms with Crippen LogP contribution in [0.2, 0.25) is 0 Å². The number of amides is 3. The number of thiophene rings is 1. The number of rotatable bonds is 7. The van der Waals surface area contributed by atoms with Gasteiger partial charge in [0.2, 0.25) is 11.8 Å². The Morgan fingerprint density at radius 3 is 2.76 bits per heavy atom. The zero-order valence-corrected chi connectivity index (χ0v) is 30.1. The number of benzene rings is 2. The smallest absolute Gasteiger partial charge is 0.327 e. The largest absolute Gasteiger partial charge is 0.463 e. The second-order valence-corrected chi connectivity index (χ2v) is 14.0. The van der Waals surface area contributed by atoms with E-state index in [1.807, 2.05) is 31.2 Å². The van der Waals surface area contributed by atoms with Gasteiger partial charge in [0.15, 0.2) is 5.82 Å². The van der Waals surface area contributed by atoms with Gasteiger partial charge >= 0.3 is 5.97 Å². The van der Waals surface area contributed by atoms with Crippen LogP contribution in [0.1, 0.15) is 79.5 Å². The summed E-state index contributed by atoms with van der Waals surface area (Å²) >= 11 is 1.59. The predicted octanol–water partition coefficient (Wildman–Crippen LogP) is 3.60. The third-order valence-electron chi connectivity index (χ3n) is 9.43. The normalized spacial score (nSPS) is 15.9. The molecule has 1 saturated heterocycles. The van der Waals surface area contributed by atoms with Gasteiger partial charge in [-0.05, 0) is 48.6 Å². The van der Waals surface area contributed by atoms with Crippen LogP contribution in [-0.2, 0) is 56.6 Å². The Morgan fingerprint density at radius 2 is 1.91 bits per heavy atom. The molecule has 1 unspecified atom stereocenters. The Morgan fingerprint density at radius 1 is 1.04 bits per heavy atom. The van der Waals surface area contributed by atoms with Gasteiger partial charge < -0.3 is 14.4 Å². The molecule has 14 heteroatoms. The lowest BCUT2D eigenvalue weighted by Gasteiger charge is -2.29. The molecule has 0 aliphatic carbocycles. The third kappa shape index (κ3) is 7.05. The molecule has 3 amide bonds. The minimum absolute atomic E-state index is 0.0840. The fourth-order valence-electron chi connectivity index (χ4n) is 6.81. The first-order chi connectivity index (χ1) is 26.3. The number of carbonyl (C=O) groups excluding carboxylic acids is 4. The van der Waals surface area contributed by atoms with Crippen LogP contribution in [0.5, 0.6) is 0 Å². The number of fused-ring (bicyclic) bond motifs is 4. The van der Waals surface area contributed by atoms with Crippen molar-refractivity contribution in [2.75, 3.05) is 6.61 Å². The summed E-state index contributed by atoms with van der Waals surface area (Å²) in [4.78, 5) is 52.1. The molecular weight excluding hydrogens is 707 g/mol. The number of hydrogen-bond acceptors (Lipinski definition) is 10. The molecule has 0 spiro atoms. The van der Waals surface area contributed by atoms with Gasteiger partial charge in [0, 0.05) is 42.3 Å². The summed E-state index contributed by atoms with van der Waals surface area (Å²) in [5, 5.41) is 16.2. The van der Waals surface area contributed by atoms with Gasteiger partial charge in [-0.15, -0.1) is 21.5 Å². The Kier molecular flexibility index (Phi) is 9.61. The topological polar surface area (TPSA) is 151 Å². The fraction of sp³-hybridized carbons (Fsp3) is 0.275. The highest BCUT2D eigenvalue weighted by molar-refractivity contribution is 7.15. The maximum atomic E-state index is 13.1. The minimum Gasteiger partial charge on any atom is -0.463 e. The molecule has 3 aromatic heterocycles. The number of piperidine rings is 1. The molecule has 1 atom stereocenters. The molecule has 270 valence electrons. The number of esters is 1. The zero-order chi connectivity index (χ0) is 37.2. The quantitative estimate of drug-likeness (QED) is 0.114. The lowest BCUT2D eigenvalue weighted by molar-refractivity contribution is -0.144. The van der Waals surface area contributed by atoms with E-state index in [1.165, 1.54) is 15.1 Å². The van der Waals surface area contributed by atoms with E-state index in [0.717, 1.165) is 38.2 Å². The van der Waals surface area contributed by atoms with E-state index in [-0.39, 0.29) is 44.4 Å². The Bertz CT molecular complexity index is 2440. The molecule has 0 saturated carbocycles. The number of hydrogen-bond donors (Lipinski definition) is 1. The van der Waals surface area contributed by atoms with E-state index in [1.54, 1.807) is 35.9 Å². The molecule has 8 rings (SSSR count). The van der Waals surface area contributed by atoms with Crippen molar-refractivity contribution in [2.24, 2.45) is 0 Å². The molecule has 54 heavy (non-hydrogen) atoms. The second kappa shape index (κ2) is 14.9. The van der Waals surface area contributed by atoms with Gasteiger partial charge in [-0.3, -0.25) is 33.7 Å². The molecule has 6 heterocycles. The van der Waals surface area contributed by atoms with E-state index in [9.17, 15) is 19.2 Å². The number of nitrogens with zero attached hydrogens (tertiary/aromatic N) is 6. The Balaban J connectivity index is 0.893. The van der Waals surface area contributed by atoms with Crippen LogP contribution < -0.4 is 5.32 Å². The third-order valence-corrected chi connectivity index (χ3v) is 10.6. The molecule has 2 aromatic carbocycles. The molecule has 3 aliphatic heterocycles. The Hall–Kier alpha value is -6.35. The van der Waals surface area contributed by atoms with Crippen LogP contribution in [-0.4, -0.2) is 65.8 Å². The van der Waals surface area contributed by atoms with E-state index < -0.39 is 17.9 Å². The highest BCUT2D eigenvalue weighted by Crippen LogP contribution is 2.37. The van der Waals surface area contributed by atoms with Crippen LogP contribution >= 0.6 is 11.3 Å². The maximum Gasteiger partial charge on any atom is 0.327 e. The lowest BCUT2D eigenvalue weighted by Crippen LogP contribution is -2.52. The number of aryl methyl sites for hydroxylation is 1. The summed E-state index contributed by atoms with van der Waals surface area (Å²) in [5.74, 6) is 12.7. The number of nitrogens with one attached hydrogen (secondary N) is 1. The predicted molar refractivity (Wildman–Crippen MR) is 195 cm³/mol. The first kappa shape index (κ1) is 34.7. The van der Waals surface area contributed by atoms with Crippen molar-refractivity contribution in [3.63, 3.8) is 0 Å². The highest BCUT2D eigenvalue weighted by Gasteiger charge is 2.39. The standard InChI is InChI=1S/C40H33N7O6S/c1-25-43-44-35-24-52-23-32-30(18-26-8-3-2-4-9-26)34(54-40(32)47(25)35)15-13-27-19-41-45(20-27)22-37(49)53-17-6-5-10-28-11-7-12-29-31(28)21-46(39(29)51)33-14-16-36(48)42-38(33)50/h2-4,7-9,11-12,19-20,33H,6,14,16-18,21-24H2,1H3,(H,42,48,50). The van der Waals surface area contributed by atoms with E-state index in [2.05, 4.69) is 61.0 Å². The van der Waals surface area contributed by atoms with Crippen molar-refractivity contribution in [2.45, 2.75) is 65.0 Å². The van der Waals surface area contributed by atoms with Gasteiger partial charge in [0.05, 0.1) is 23.2 Å². The van der Waals surface area contributed by atoms with Crippen LogP contribution in [0.25, 0.3) is 5.00 Å². The number of aromatic nitrogens is 5. The minimum atomic E-state index is -0.695. The summed E-state index contributed by atoms with van der Waals surface area (Å²) in [5.41, 5.74) is 5.92. The van der Waals surface area contributed by atoms with Crippen molar-refractivity contribution >= 4 is 35.0 Å². The van der Waals surface area contributed by atoms with E-state index in [0.29, 0.717) is 42.7 Å². The van der Waals surface area contributed by atoms with Gasteiger partial charge in [0.1, 0.15) is 36.6 Å². The second-order valence-electron chi connectivity index (χ2n) is 13.0. The molecule has 3 aliphatic rings. The molecule has 1 fully saturated rings. The molecule has 0 radical (unpaired) electrons. The summed E-state index contributed by atoms with van der Waals surface area (Å²) in [6.45, 7) is 3.00. The number of carbonyl (C=O) groups is 4. The van der Waals surface area contributed by atoms with Gasteiger partial charge in [-0.25, -0.2) is 0 Å². The zero-order valence-electron chi connectivity index (χ0n) is 29.3. The van der Waals surface area contributed by atoms with E-state index >= 15 is 0 Å². The Labute approximate surface area is 314 Å². The van der Waals surface area contributed by atoms with Crippen molar-refractivity contribution in [1.82, 2.24) is 34.8 Å². The van der Waals surface area contributed by atoms with Crippen molar-refractivity contribution in [3.8, 4) is 28.7 Å². The summed E-state index contributed by atoms with van der Waals surface area (Å²) < 4.78 is 15.0. The summed E-state index contributed by atoms with van der Waals surface area (Å²) in [6, 6.07) is 14.8. The van der Waals surface area contributed by atoms with Gasteiger partial charge in [0.25, 0.3) is 5.91 Å². The molecular formula is C40H33N7O6S. The maximum absolute atomic E-state index is 13.1. The van der Waals surface area contributed by atoms with Crippen LogP contribution in [0, 0.1) is 30.6 Å². The monoisotopic (exact) mass is 739 g/mol. The van der Waals surface area contributed by atoms with Crippen LogP contribution in [0.15, 0.2) is 60.9 Å². The summed E-state index contributed by atoms with van der Waals surface area (Å²) in [7, 11) is 0. The molecule has 1 N–H and O–H groups in total. The SMILES string of the molecule is Cc1nnc2n1-c1sc(C#Cc3cnn(CC(=O)OCCC#Cc4cccc5c4CN(C4CCC(=O)NC4=O)C5=O)c3)c(Cc3ccccc3)c1COC2. The fourth-order valence-corrected chi connectivity index (χ4v) is 8.06. The van der Waals surface area contributed by atoms with Crippen molar-refractivity contribution in [3.05, 3.63) is 116 Å². The molecule has 0 bridgehead atoms. The van der Waals surface area contributed by atoms with Gasteiger partial charge in [-0.1, -0.05) is 60.1 Å².